The lowest BCUT2D eigenvalue weighted by molar-refractivity contribution is 0.151. The van der Waals surface area contributed by atoms with Crippen LogP contribution in [-0.2, 0) is 16.8 Å². The van der Waals surface area contributed by atoms with E-state index in [0.29, 0.717) is 6.61 Å². The summed E-state index contributed by atoms with van der Waals surface area (Å²) >= 11 is 0. The molecule has 0 fully saturated rings. The molecule has 1 aliphatic heterocycles. The Labute approximate surface area is 89.4 Å². The highest BCUT2D eigenvalue weighted by Gasteiger charge is 2.19. The van der Waals surface area contributed by atoms with Crippen LogP contribution in [0.5, 0.6) is 0 Å². The van der Waals surface area contributed by atoms with Crippen molar-refractivity contribution in [3.63, 3.8) is 0 Å². The van der Waals surface area contributed by atoms with Crippen LogP contribution in [0.15, 0.2) is 18.2 Å². The van der Waals surface area contributed by atoms with Crippen molar-refractivity contribution in [1.29, 1.82) is 0 Å². The third-order valence-electron chi connectivity index (χ3n) is 2.57. The van der Waals surface area contributed by atoms with Crippen molar-refractivity contribution in [3.05, 3.63) is 29.3 Å². The first-order chi connectivity index (χ1) is 6.97. The largest absolute Gasteiger partial charge is 0.444 e. The van der Waals surface area contributed by atoms with Gasteiger partial charge >= 0.3 is 6.09 Å². The summed E-state index contributed by atoms with van der Waals surface area (Å²) in [6.07, 6.45) is -0.367. The van der Waals surface area contributed by atoms with Crippen LogP contribution >= 0.6 is 0 Å². The molecule has 1 heterocycles. The minimum absolute atomic E-state index is 0.0953. The van der Waals surface area contributed by atoms with Gasteiger partial charge < -0.3 is 4.74 Å². The van der Waals surface area contributed by atoms with Gasteiger partial charge in [0.05, 0.1) is 5.69 Å². The SMILES string of the molecule is CC(C)(C)c1ccc2c(c1)NC(=O)OC2. The van der Waals surface area contributed by atoms with Crippen LogP contribution < -0.4 is 5.32 Å². The van der Waals surface area contributed by atoms with Crippen molar-refractivity contribution in [2.24, 2.45) is 0 Å². The Balaban J connectivity index is 2.41. The van der Waals surface area contributed by atoms with Crippen molar-refractivity contribution < 1.29 is 9.53 Å². The fraction of sp³-hybridized carbons (Fsp3) is 0.417. The van der Waals surface area contributed by atoms with Gasteiger partial charge in [0, 0.05) is 5.56 Å². The highest BCUT2D eigenvalue weighted by molar-refractivity contribution is 5.87. The van der Waals surface area contributed by atoms with Crippen LogP contribution in [-0.4, -0.2) is 6.09 Å². The molecule has 0 saturated carbocycles. The summed E-state index contributed by atoms with van der Waals surface area (Å²) in [6, 6.07) is 6.12. The van der Waals surface area contributed by atoms with Crippen LogP contribution in [0.4, 0.5) is 10.5 Å². The van der Waals surface area contributed by atoms with Gasteiger partial charge in [-0.05, 0) is 17.0 Å². The Morgan fingerprint density at radius 3 is 2.73 bits per heavy atom. The zero-order valence-corrected chi connectivity index (χ0v) is 9.26. The topological polar surface area (TPSA) is 38.3 Å². The molecule has 0 saturated heterocycles. The summed E-state index contributed by atoms with van der Waals surface area (Å²) in [6.45, 7) is 6.81. The number of hydrogen-bond donors (Lipinski definition) is 1. The minimum atomic E-state index is -0.367. The van der Waals surface area contributed by atoms with Crippen LogP contribution in [0.2, 0.25) is 0 Å². The van der Waals surface area contributed by atoms with Gasteiger partial charge in [0.1, 0.15) is 6.61 Å². The van der Waals surface area contributed by atoms with E-state index in [0.717, 1.165) is 11.3 Å². The zero-order chi connectivity index (χ0) is 11.1. The molecule has 0 bridgehead atoms. The van der Waals surface area contributed by atoms with E-state index in [1.165, 1.54) is 5.56 Å². The maximum atomic E-state index is 11.1. The van der Waals surface area contributed by atoms with Crippen LogP contribution in [0.1, 0.15) is 31.9 Å². The molecule has 2 rings (SSSR count). The number of rotatable bonds is 0. The number of fused-ring (bicyclic) bond motifs is 1. The molecule has 0 aliphatic carbocycles. The first kappa shape index (κ1) is 10.0. The number of carbonyl (C=O) groups is 1. The standard InChI is InChI=1S/C12H15NO2/c1-12(2,3)9-5-4-8-7-15-11(14)13-10(8)6-9/h4-6H,7H2,1-3H3,(H,13,14). The average molecular weight is 205 g/mol. The zero-order valence-electron chi connectivity index (χ0n) is 9.26. The maximum Gasteiger partial charge on any atom is 0.411 e. The Kier molecular flexibility index (Phi) is 2.18. The second kappa shape index (κ2) is 3.26. The highest BCUT2D eigenvalue weighted by Crippen LogP contribution is 2.29. The molecule has 1 amide bonds. The summed E-state index contributed by atoms with van der Waals surface area (Å²) in [7, 11) is 0. The number of carbonyl (C=O) groups excluding carboxylic acids is 1. The molecule has 0 spiro atoms. The molecule has 1 aliphatic rings. The molecule has 0 atom stereocenters. The molecule has 1 aromatic carbocycles. The van der Waals surface area contributed by atoms with Gasteiger partial charge in [-0.25, -0.2) is 4.79 Å². The summed E-state index contributed by atoms with van der Waals surface area (Å²) in [5, 5.41) is 2.71. The summed E-state index contributed by atoms with van der Waals surface area (Å²) in [5.74, 6) is 0. The van der Waals surface area contributed by atoms with Crippen molar-refractivity contribution in [1.82, 2.24) is 0 Å². The maximum absolute atomic E-state index is 11.1. The van der Waals surface area contributed by atoms with Crippen molar-refractivity contribution in [2.45, 2.75) is 32.8 Å². The van der Waals surface area contributed by atoms with Crippen molar-refractivity contribution in [3.8, 4) is 0 Å². The predicted molar refractivity (Wildman–Crippen MR) is 58.9 cm³/mol. The molecule has 1 aromatic rings. The number of hydrogen-bond acceptors (Lipinski definition) is 2. The first-order valence-electron chi connectivity index (χ1n) is 5.04. The van der Waals surface area contributed by atoms with Crippen LogP contribution in [0.25, 0.3) is 0 Å². The van der Waals surface area contributed by atoms with Gasteiger partial charge in [-0.15, -0.1) is 0 Å². The van der Waals surface area contributed by atoms with Gasteiger partial charge in [-0.1, -0.05) is 32.9 Å². The van der Waals surface area contributed by atoms with Crippen molar-refractivity contribution in [2.75, 3.05) is 5.32 Å². The van der Waals surface area contributed by atoms with Gasteiger partial charge in [0.25, 0.3) is 0 Å². The normalized spacial score (nSPS) is 15.3. The number of nitrogens with one attached hydrogen (secondary N) is 1. The molecule has 80 valence electrons. The highest BCUT2D eigenvalue weighted by atomic mass is 16.5. The van der Waals surface area contributed by atoms with Gasteiger partial charge in [0.2, 0.25) is 0 Å². The van der Waals surface area contributed by atoms with E-state index in [2.05, 4.69) is 32.2 Å². The Morgan fingerprint density at radius 2 is 2.07 bits per heavy atom. The molecule has 3 nitrogen and oxygen atoms in total. The molecule has 0 unspecified atom stereocenters. The second-order valence-corrected chi connectivity index (χ2v) is 4.82. The predicted octanol–water partition coefficient (Wildman–Crippen LogP) is 3.05. The summed E-state index contributed by atoms with van der Waals surface area (Å²) in [5.41, 5.74) is 3.21. The Morgan fingerprint density at radius 1 is 1.33 bits per heavy atom. The van der Waals surface area contributed by atoms with E-state index in [1.807, 2.05) is 12.1 Å². The molecular weight excluding hydrogens is 190 g/mol. The average Bonchev–Trinajstić information content (AvgIpc) is 2.15. The molecule has 0 radical (unpaired) electrons. The van der Waals surface area contributed by atoms with E-state index < -0.39 is 0 Å². The van der Waals surface area contributed by atoms with Gasteiger partial charge in [-0.2, -0.15) is 0 Å². The van der Waals surface area contributed by atoms with E-state index in [9.17, 15) is 4.79 Å². The lowest BCUT2D eigenvalue weighted by Crippen LogP contribution is -2.21. The monoisotopic (exact) mass is 205 g/mol. The number of amides is 1. The number of ether oxygens (including phenoxy) is 1. The summed E-state index contributed by atoms with van der Waals surface area (Å²) < 4.78 is 4.88. The first-order valence-corrected chi connectivity index (χ1v) is 5.04. The van der Waals surface area contributed by atoms with E-state index in [-0.39, 0.29) is 11.5 Å². The van der Waals surface area contributed by atoms with E-state index >= 15 is 0 Å². The number of benzene rings is 1. The third kappa shape index (κ3) is 1.96. The smallest absolute Gasteiger partial charge is 0.411 e. The molecular formula is C12H15NO2. The third-order valence-corrected chi connectivity index (χ3v) is 2.57. The lowest BCUT2D eigenvalue weighted by atomic mass is 9.86. The number of cyclic esters (lactones) is 1. The fourth-order valence-electron chi connectivity index (χ4n) is 1.57. The van der Waals surface area contributed by atoms with Gasteiger partial charge in [0.15, 0.2) is 0 Å². The van der Waals surface area contributed by atoms with Crippen LogP contribution in [0.3, 0.4) is 0 Å². The fourth-order valence-corrected chi connectivity index (χ4v) is 1.57. The summed E-state index contributed by atoms with van der Waals surface area (Å²) in [4.78, 5) is 11.1. The van der Waals surface area contributed by atoms with Gasteiger partial charge in [-0.3, -0.25) is 5.32 Å². The van der Waals surface area contributed by atoms with Crippen molar-refractivity contribution >= 4 is 11.8 Å². The Bertz CT molecular complexity index is 405. The molecule has 15 heavy (non-hydrogen) atoms. The quantitative estimate of drug-likeness (QED) is 0.707. The van der Waals surface area contributed by atoms with Crippen LogP contribution in [0, 0.1) is 0 Å². The van der Waals surface area contributed by atoms with E-state index in [4.69, 9.17) is 4.74 Å². The lowest BCUT2D eigenvalue weighted by Gasteiger charge is -2.23. The molecule has 1 N–H and O–H groups in total. The van der Waals surface area contributed by atoms with E-state index in [1.54, 1.807) is 0 Å². The molecule has 0 aromatic heterocycles. The second-order valence-electron chi connectivity index (χ2n) is 4.82. The Hall–Kier alpha value is -1.51. The molecule has 3 heteroatoms. The minimum Gasteiger partial charge on any atom is -0.444 e. The number of anilines is 1.